The second-order valence-electron chi connectivity index (χ2n) is 5.26. The monoisotopic (exact) mass is 291 g/mol. The number of hydrogen-bond acceptors (Lipinski definition) is 3. The van der Waals surface area contributed by atoms with Crippen molar-refractivity contribution in [1.82, 2.24) is 4.90 Å². The fraction of sp³-hybridized carbons (Fsp3) is 0.467. The molecule has 0 bridgehead atoms. The number of carboxylic acids is 1. The molecule has 1 amide bonds. The summed E-state index contributed by atoms with van der Waals surface area (Å²) in [4.78, 5) is 25.5. The number of carbonyl (C=O) groups excluding carboxylic acids is 1. The standard InChI is InChI=1S/C15H17NO3S/c17-14(13-5-2-8-20-13)16-7-6-11-10(9-16)3-1-4-12(11)15(18)19/h1,3-4,13H,2,5-9H2,(H,18,19). The van der Waals surface area contributed by atoms with Gasteiger partial charge in [0.2, 0.25) is 5.91 Å². The van der Waals surface area contributed by atoms with Gasteiger partial charge in [0.05, 0.1) is 10.8 Å². The molecule has 20 heavy (non-hydrogen) atoms. The van der Waals surface area contributed by atoms with E-state index in [1.54, 1.807) is 23.9 Å². The average Bonchev–Trinajstić information content (AvgIpc) is 2.99. The zero-order chi connectivity index (χ0) is 14.1. The summed E-state index contributed by atoms with van der Waals surface area (Å²) in [6, 6.07) is 5.34. The first-order valence-corrected chi connectivity index (χ1v) is 7.96. The molecule has 4 nitrogen and oxygen atoms in total. The van der Waals surface area contributed by atoms with E-state index in [-0.39, 0.29) is 11.2 Å². The number of nitrogens with zero attached hydrogens (tertiary/aromatic N) is 1. The van der Waals surface area contributed by atoms with Gasteiger partial charge in [-0.05, 0) is 42.2 Å². The second kappa shape index (κ2) is 5.48. The Kier molecular flexibility index (Phi) is 3.70. The minimum atomic E-state index is -0.882. The second-order valence-corrected chi connectivity index (χ2v) is 6.57. The fourth-order valence-electron chi connectivity index (χ4n) is 2.97. The highest BCUT2D eigenvalue weighted by Gasteiger charge is 2.30. The third kappa shape index (κ3) is 2.42. The highest BCUT2D eigenvalue weighted by atomic mass is 32.2. The number of rotatable bonds is 2. The summed E-state index contributed by atoms with van der Waals surface area (Å²) in [5.74, 6) is 0.413. The Morgan fingerprint density at radius 3 is 2.90 bits per heavy atom. The number of aromatic carboxylic acids is 1. The van der Waals surface area contributed by atoms with Crippen molar-refractivity contribution in [2.45, 2.75) is 31.1 Å². The molecule has 1 N–H and O–H groups in total. The Morgan fingerprint density at radius 1 is 1.35 bits per heavy atom. The van der Waals surface area contributed by atoms with Crippen molar-refractivity contribution in [2.75, 3.05) is 12.3 Å². The zero-order valence-electron chi connectivity index (χ0n) is 11.2. The van der Waals surface area contributed by atoms with Gasteiger partial charge in [-0.15, -0.1) is 11.8 Å². The highest BCUT2D eigenvalue weighted by Crippen LogP contribution is 2.30. The van der Waals surface area contributed by atoms with E-state index in [2.05, 4.69) is 0 Å². The van der Waals surface area contributed by atoms with E-state index < -0.39 is 5.97 Å². The molecule has 1 unspecified atom stereocenters. The molecular formula is C15H17NO3S. The molecule has 2 aliphatic heterocycles. The predicted octanol–water partition coefficient (Wildman–Crippen LogP) is 2.17. The van der Waals surface area contributed by atoms with Crippen LogP contribution in [0.15, 0.2) is 18.2 Å². The SMILES string of the molecule is O=C(O)c1cccc2c1CCN(C(=O)C1CCCS1)C2. The third-order valence-corrected chi connectivity index (χ3v) is 5.38. The van der Waals surface area contributed by atoms with Gasteiger partial charge in [0.25, 0.3) is 0 Å². The molecule has 3 rings (SSSR count). The summed E-state index contributed by atoms with van der Waals surface area (Å²) in [5.41, 5.74) is 2.25. The van der Waals surface area contributed by atoms with E-state index in [9.17, 15) is 14.7 Å². The fourth-order valence-corrected chi connectivity index (χ4v) is 4.22. The van der Waals surface area contributed by atoms with Crippen molar-refractivity contribution in [2.24, 2.45) is 0 Å². The van der Waals surface area contributed by atoms with Crippen LogP contribution in [0.1, 0.15) is 34.3 Å². The molecule has 1 aromatic carbocycles. The first-order chi connectivity index (χ1) is 9.66. The first kappa shape index (κ1) is 13.5. The van der Waals surface area contributed by atoms with Crippen LogP contribution in [0.2, 0.25) is 0 Å². The maximum Gasteiger partial charge on any atom is 0.335 e. The Balaban J connectivity index is 1.80. The van der Waals surface area contributed by atoms with Crippen LogP contribution in [-0.2, 0) is 17.8 Å². The quantitative estimate of drug-likeness (QED) is 0.907. The summed E-state index contributed by atoms with van der Waals surface area (Å²) in [6.45, 7) is 1.18. The number of benzene rings is 1. The third-order valence-electron chi connectivity index (χ3n) is 4.01. The van der Waals surface area contributed by atoms with E-state index in [1.807, 2.05) is 11.0 Å². The minimum Gasteiger partial charge on any atom is -0.478 e. The summed E-state index contributed by atoms with van der Waals surface area (Å²) in [6.07, 6.45) is 2.73. The molecular weight excluding hydrogens is 274 g/mol. The number of carboxylic acid groups (broad SMARTS) is 1. The van der Waals surface area contributed by atoms with E-state index in [0.29, 0.717) is 25.1 Å². The van der Waals surface area contributed by atoms with E-state index in [0.717, 1.165) is 29.7 Å². The van der Waals surface area contributed by atoms with Crippen molar-refractivity contribution in [1.29, 1.82) is 0 Å². The Morgan fingerprint density at radius 2 is 2.20 bits per heavy atom. The molecule has 1 saturated heterocycles. The molecule has 2 aliphatic rings. The zero-order valence-corrected chi connectivity index (χ0v) is 12.0. The van der Waals surface area contributed by atoms with Crippen LogP contribution >= 0.6 is 11.8 Å². The minimum absolute atomic E-state index is 0.110. The van der Waals surface area contributed by atoms with E-state index >= 15 is 0 Å². The van der Waals surface area contributed by atoms with Gasteiger partial charge in [0.15, 0.2) is 0 Å². The van der Waals surface area contributed by atoms with Gasteiger partial charge in [-0.25, -0.2) is 4.79 Å². The lowest BCUT2D eigenvalue weighted by molar-refractivity contribution is -0.131. The molecule has 0 aliphatic carbocycles. The van der Waals surface area contributed by atoms with E-state index in [4.69, 9.17) is 0 Å². The molecule has 0 spiro atoms. The topological polar surface area (TPSA) is 57.6 Å². The lowest BCUT2D eigenvalue weighted by Crippen LogP contribution is -2.40. The smallest absolute Gasteiger partial charge is 0.335 e. The van der Waals surface area contributed by atoms with Crippen LogP contribution in [0, 0.1) is 0 Å². The number of hydrogen-bond donors (Lipinski definition) is 1. The van der Waals surface area contributed by atoms with Crippen molar-refractivity contribution in [3.8, 4) is 0 Å². The lowest BCUT2D eigenvalue weighted by atomic mass is 9.94. The summed E-state index contributed by atoms with van der Waals surface area (Å²) in [5, 5.41) is 9.32. The number of fused-ring (bicyclic) bond motifs is 1. The number of amides is 1. The lowest BCUT2D eigenvalue weighted by Gasteiger charge is -2.31. The van der Waals surface area contributed by atoms with Crippen LogP contribution in [0.5, 0.6) is 0 Å². The molecule has 1 atom stereocenters. The van der Waals surface area contributed by atoms with Crippen LogP contribution in [0.4, 0.5) is 0 Å². The van der Waals surface area contributed by atoms with Crippen LogP contribution < -0.4 is 0 Å². The molecule has 0 radical (unpaired) electrons. The van der Waals surface area contributed by atoms with Crippen molar-refractivity contribution < 1.29 is 14.7 Å². The maximum atomic E-state index is 12.4. The van der Waals surface area contributed by atoms with Gasteiger partial charge in [0, 0.05) is 13.1 Å². The van der Waals surface area contributed by atoms with Crippen molar-refractivity contribution in [3.05, 3.63) is 34.9 Å². The van der Waals surface area contributed by atoms with Crippen molar-refractivity contribution in [3.63, 3.8) is 0 Å². The number of carbonyl (C=O) groups is 2. The van der Waals surface area contributed by atoms with Crippen LogP contribution in [0.3, 0.4) is 0 Å². The van der Waals surface area contributed by atoms with Crippen LogP contribution in [-0.4, -0.2) is 39.4 Å². The van der Waals surface area contributed by atoms with E-state index in [1.165, 1.54) is 0 Å². The van der Waals surface area contributed by atoms with Crippen molar-refractivity contribution >= 4 is 23.6 Å². The van der Waals surface area contributed by atoms with Gasteiger partial charge < -0.3 is 10.0 Å². The van der Waals surface area contributed by atoms with Gasteiger partial charge in [-0.3, -0.25) is 4.79 Å². The largest absolute Gasteiger partial charge is 0.478 e. The summed E-state index contributed by atoms with van der Waals surface area (Å²) >= 11 is 1.75. The first-order valence-electron chi connectivity index (χ1n) is 6.91. The Bertz CT molecular complexity index is 552. The van der Waals surface area contributed by atoms with Gasteiger partial charge in [-0.1, -0.05) is 12.1 Å². The molecule has 106 valence electrons. The predicted molar refractivity (Wildman–Crippen MR) is 78.0 cm³/mol. The molecule has 0 saturated carbocycles. The molecule has 1 fully saturated rings. The molecule has 5 heteroatoms. The van der Waals surface area contributed by atoms with Crippen LogP contribution in [0.25, 0.3) is 0 Å². The molecule has 0 aromatic heterocycles. The van der Waals surface area contributed by atoms with Gasteiger partial charge in [0.1, 0.15) is 0 Å². The normalized spacial score (nSPS) is 21.6. The Hall–Kier alpha value is -1.49. The highest BCUT2D eigenvalue weighted by molar-refractivity contribution is 8.00. The molecule has 2 heterocycles. The number of thioether (sulfide) groups is 1. The van der Waals surface area contributed by atoms with Gasteiger partial charge in [-0.2, -0.15) is 0 Å². The molecule has 1 aromatic rings. The maximum absolute atomic E-state index is 12.4. The Labute approximate surface area is 122 Å². The average molecular weight is 291 g/mol. The van der Waals surface area contributed by atoms with Gasteiger partial charge >= 0.3 is 5.97 Å². The summed E-state index contributed by atoms with van der Waals surface area (Å²) in [7, 11) is 0. The summed E-state index contributed by atoms with van der Waals surface area (Å²) < 4.78 is 0.